The molecule has 0 radical (unpaired) electrons. The highest BCUT2D eigenvalue weighted by atomic mass is 79.9. The lowest BCUT2D eigenvalue weighted by atomic mass is 10.1. The van der Waals surface area contributed by atoms with E-state index in [9.17, 15) is 19.2 Å². The van der Waals surface area contributed by atoms with Crippen LogP contribution < -0.4 is 14.8 Å². The second kappa shape index (κ2) is 14.5. The Bertz CT molecular complexity index is 1650. The average Bonchev–Trinajstić information content (AvgIpc) is 3.21. The zero-order chi connectivity index (χ0) is 31.3. The Morgan fingerprint density at radius 3 is 2.49 bits per heavy atom. The van der Waals surface area contributed by atoms with E-state index >= 15 is 0 Å². The van der Waals surface area contributed by atoms with Gasteiger partial charge < -0.3 is 19.5 Å². The molecular weight excluding hydrogens is 707 g/mol. The zero-order valence-corrected chi connectivity index (χ0v) is 27.2. The van der Waals surface area contributed by atoms with Crippen LogP contribution in [-0.4, -0.2) is 48.2 Å². The molecule has 1 fully saturated rings. The van der Waals surface area contributed by atoms with Gasteiger partial charge in [0.2, 0.25) is 5.91 Å². The summed E-state index contributed by atoms with van der Waals surface area (Å²) in [4.78, 5) is 51.2. The van der Waals surface area contributed by atoms with Crippen molar-refractivity contribution in [2.24, 2.45) is 0 Å². The molecule has 1 aliphatic rings. The molecule has 14 heteroatoms. The maximum atomic E-state index is 13.1. The highest BCUT2D eigenvalue weighted by Gasteiger charge is 2.36. The fourth-order valence-electron chi connectivity index (χ4n) is 3.86. The number of methoxy groups -OCH3 is 1. The molecule has 43 heavy (non-hydrogen) atoms. The Labute approximate surface area is 274 Å². The fraction of sp³-hybridized carbons (Fsp3) is 0.172. The van der Waals surface area contributed by atoms with Crippen molar-refractivity contribution in [3.8, 4) is 11.5 Å². The molecule has 1 aliphatic heterocycles. The smallest absolute Gasteiger partial charge is 0.339 e. The van der Waals surface area contributed by atoms with E-state index in [1.54, 1.807) is 30.3 Å². The molecule has 0 spiro atoms. The minimum absolute atomic E-state index is 0.0545. The van der Waals surface area contributed by atoms with Crippen LogP contribution in [0.15, 0.2) is 57.9 Å². The van der Waals surface area contributed by atoms with Gasteiger partial charge in [0.1, 0.15) is 13.2 Å². The summed E-state index contributed by atoms with van der Waals surface area (Å²) in [5.74, 6) is -1.14. The number of halogens is 4. The van der Waals surface area contributed by atoms with Gasteiger partial charge in [-0.15, -0.1) is 0 Å². The minimum atomic E-state index is -0.679. The van der Waals surface area contributed by atoms with Crippen LogP contribution in [0.3, 0.4) is 0 Å². The summed E-state index contributed by atoms with van der Waals surface area (Å²) in [7, 11) is 1.20. The molecule has 224 valence electrons. The maximum Gasteiger partial charge on any atom is 0.339 e. The SMILES string of the molecule is CCOc1cc(/C=C2\SC(=O)N(CC(=O)Nc3ccc(Cl)c(C(=O)OC)c3)C2=O)cc(Br)c1OCc1ccc(Cl)cc1Cl. The molecule has 4 rings (SSSR count). The number of hydrogen-bond acceptors (Lipinski definition) is 8. The van der Waals surface area contributed by atoms with E-state index in [-0.39, 0.29) is 27.8 Å². The lowest BCUT2D eigenvalue weighted by Crippen LogP contribution is -2.36. The first-order valence-corrected chi connectivity index (χ1v) is 15.2. The third kappa shape index (κ3) is 8.04. The van der Waals surface area contributed by atoms with Crippen LogP contribution in [0, 0.1) is 0 Å². The third-order valence-corrected chi connectivity index (χ3v) is 8.26. The van der Waals surface area contributed by atoms with Crippen LogP contribution in [0.2, 0.25) is 15.1 Å². The number of rotatable bonds is 10. The van der Waals surface area contributed by atoms with Gasteiger partial charge in [0.05, 0.1) is 33.7 Å². The van der Waals surface area contributed by atoms with E-state index in [0.29, 0.717) is 49.9 Å². The van der Waals surface area contributed by atoms with Gasteiger partial charge in [0.25, 0.3) is 11.1 Å². The number of nitrogens with zero attached hydrogens (tertiary/aromatic N) is 1. The molecule has 0 aliphatic carbocycles. The minimum Gasteiger partial charge on any atom is -0.490 e. The van der Waals surface area contributed by atoms with Crippen LogP contribution in [0.4, 0.5) is 10.5 Å². The number of imide groups is 1. The average molecular weight is 729 g/mol. The van der Waals surface area contributed by atoms with Crippen molar-refractivity contribution >= 4 is 97.3 Å². The Kier molecular flexibility index (Phi) is 11.0. The second-order valence-corrected chi connectivity index (χ2v) is 11.9. The van der Waals surface area contributed by atoms with Gasteiger partial charge in [-0.2, -0.15) is 0 Å². The normalized spacial score (nSPS) is 13.8. The van der Waals surface area contributed by atoms with Crippen molar-refractivity contribution in [3.05, 3.63) is 89.7 Å². The molecule has 1 saturated heterocycles. The van der Waals surface area contributed by atoms with E-state index in [0.717, 1.165) is 10.5 Å². The van der Waals surface area contributed by atoms with E-state index in [1.165, 1.54) is 31.4 Å². The van der Waals surface area contributed by atoms with Crippen molar-refractivity contribution in [1.82, 2.24) is 4.90 Å². The van der Waals surface area contributed by atoms with Gasteiger partial charge in [-0.3, -0.25) is 19.3 Å². The van der Waals surface area contributed by atoms with Crippen molar-refractivity contribution in [1.29, 1.82) is 0 Å². The van der Waals surface area contributed by atoms with Crippen molar-refractivity contribution in [2.75, 3.05) is 25.6 Å². The summed E-state index contributed by atoms with van der Waals surface area (Å²) in [6, 6.07) is 12.7. The van der Waals surface area contributed by atoms with E-state index in [2.05, 4.69) is 26.0 Å². The summed E-state index contributed by atoms with van der Waals surface area (Å²) in [5, 5.41) is 3.06. The predicted octanol–water partition coefficient (Wildman–Crippen LogP) is 7.85. The van der Waals surface area contributed by atoms with Crippen LogP contribution in [0.1, 0.15) is 28.4 Å². The van der Waals surface area contributed by atoms with Gasteiger partial charge in [-0.25, -0.2) is 4.79 Å². The zero-order valence-electron chi connectivity index (χ0n) is 22.5. The maximum absolute atomic E-state index is 13.1. The highest BCUT2D eigenvalue weighted by molar-refractivity contribution is 9.10. The summed E-state index contributed by atoms with van der Waals surface area (Å²) < 4.78 is 17.0. The summed E-state index contributed by atoms with van der Waals surface area (Å²) >= 11 is 22.5. The topological polar surface area (TPSA) is 111 Å². The Hall–Kier alpha value is -3.22. The molecule has 0 atom stereocenters. The first-order chi connectivity index (χ1) is 20.5. The Morgan fingerprint density at radius 2 is 1.79 bits per heavy atom. The van der Waals surface area contributed by atoms with Crippen LogP contribution in [0.25, 0.3) is 6.08 Å². The van der Waals surface area contributed by atoms with Crippen LogP contribution in [-0.2, 0) is 20.9 Å². The molecule has 1 N–H and O–H groups in total. The second-order valence-electron chi connectivity index (χ2n) is 8.79. The quantitative estimate of drug-likeness (QED) is 0.166. The van der Waals surface area contributed by atoms with Gasteiger partial charge in [-0.05, 0) is 88.7 Å². The molecule has 0 unspecified atom stereocenters. The first kappa shape index (κ1) is 32.7. The molecule has 0 bridgehead atoms. The lowest BCUT2D eigenvalue weighted by Gasteiger charge is -2.15. The molecule has 3 aromatic rings. The molecular formula is C29H22BrCl3N2O7S. The van der Waals surface area contributed by atoms with Crippen molar-refractivity contribution in [3.63, 3.8) is 0 Å². The summed E-state index contributed by atoms with van der Waals surface area (Å²) in [6.07, 6.45) is 1.53. The Balaban J connectivity index is 1.48. The fourth-order valence-corrected chi connectivity index (χ4v) is 5.93. The molecule has 1 heterocycles. The third-order valence-electron chi connectivity index (χ3n) is 5.85. The molecule has 9 nitrogen and oxygen atoms in total. The number of hydrogen-bond donors (Lipinski definition) is 1. The van der Waals surface area contributed by atoms with Gasteiger partial charge in [0.15, 0.2) is 11.5 Å². The number of carbonyl (C=O) groups excluding carboxylic acids is 4. The molecule has 0 saturated carbocycles. The van der Waals surface area contributed by atoms with E-state index in [1.807, 2.05) is 6.92 Å². The van der Waals surface area contributed by atoms with Crippen LogP contribution in [0.5, 0.6) is 11.5 Å². The number of amides is 3. The predicted molar refractivity (Wildman–Crippen MR) is 170 cm³/mol. The van der Waals surface area contributed by atoms with Crippen molar-refractivity contribution < 1.29 is 33.4 Å². The number of esters is 1. The van der Waals surface area contributed by atoms with Crippen molar-refractivity contribution in [2.45, 2.75) is 13.5 Å². The first-order valence-electron chi connectivity index (χ1n) is 12.5. The van der Waals surface area contributed by atoms with E-state index in [4.69, 9.17) is 44.3 Å². The number of anilines is 1. The molecule has 3 amide bonds. The lowest BCUT2D eigenvalue weighted by molar-refractivity contribution is -0.127. The summed E-state index contributed by atoms with van der Waals surface area (Å²) in [5.41, 5.74) is 1.57. The van der Waals surface area contributed by atoms with E-state index < -0.39 is 29.6 Å². The number of carbonyl (C=O) groups is 4. The number of ether oxygens (including phenoxy) is 3. The number of thioether (sulfide) groups is 1. The van der Waals surface area contributed by atoms with Gasteiger partial charge in [0, 0.05) is 21.3 Å². The number of nitrogens with one attached hydrogen (secondary N) is 1. The number of benzene rings is 3. The van der Waals surface area contributed by atoms with Crippen LogP contribution >= 0.6 is 62.5 Å². The Morgan fingerprint density at radius 1 is 1.02 bits per heavy atom. The highest BCUT2D eigenvalue weighted by Crippen LogP contribution is 2.40. The van der Waals surface area contributed by atoms with Gasteiger partial charge in [-0.1, -0.05) is 40.9 Å². The molecule has 3 aromatic carbocycles. The monoisotopic (exact) mass is 726 g/mol. The largest absolute Gasteiger partial charge is 0.490 e. The standard InChI is InChI=1S/C29H22BrCl3N2O7S/c1-3-41-23-9-15(8-20(30)26(23)42-14-16-4-5-17(31)11-22(16)33)10-24-27(37)35(29(39)43-24)13-25(36)34-18-6-7-21(32)19(12-18)28(38)40-2/h4-12H,3,13-14H2,1-2H3,(H,34,36)/b24-10-. The summed E-state index contributed by atoms with van der Waals surface area (Å²) in [6.45, 7) is 1.77. The van der Waals surface area contributed by atoms with Gasteiger partial charge >= 0.3 is 5.97 Å². The molecule has 0 aromatic heterocycles.